The zero-order valence-electron chi connectivity index (χ0n) is 10.4. The highest BCUT2D eigenvalue weighted by molar-refractivity contribution is 8.13. The molecule has 1 atom stereocenters. The number of nitrogens with one attached hydrogen (secondary N) is 1. The van der Waals surface area contributed by atoms with Crippen LogP contribution in [0.4, 0.5) is 9.59 Å². The van der Waals surface area contributed by atoms with Gasteiger partial charge < -0.3 is 24.3 Å². The Kier molecular flexibility index (Phi) is 7.23. The molecule has 1 amide bonds. The summed E-state index contributed by atoms with van der Waals surface area (Å²) in [6.45, 7) is 1.31. The standard InChI is InChI=1S/C10H15NO7S/c1-15-2-3-16-4-5-17-10(14)19-6-7-8(12)18-9(13)11-7/h7H,2-6H2,1H3,(H,11,13)/t7-/m0/s1. The first-order valence-corrected chi connectivity index (χ1v) is 6.50. The van der Waals surface area contributed by atoms with Crippen LogP contribution in [-0.4, -0.2) is 62.7 Å². The number of alkyl carbamates (subject to hydrolysis) is 1. The van der Waals surface area contributed by atoms with Gasteiger partial charge in [-0.1, -0.05) is 0 Å². The molecule has 1 aliphatic heterocycles. The molecule has 1 fully saturated rings. The lowest BCUT2D eigenvalue weighted by atomic mass is 10.4. The summed E-state index contributed by atoms with van der Waals surface area (Å²) in [7, 11) is 1.56. The van der Waals surface area contributed by atoms with Crippen molar-refractivity contribution in [1.29, 1.82) is 0 Å². The number of carbonyl (C=O) groups is 3. The van der Waals surface area contributed by atoms with E-state index < -0.39 is 23.4 Å². The van der Waals surface area contributed by atoms with Crippen molar-refractivity contribution < 1.29 is 33.3 Å². The molecule has 0 aromatic rings. The van der Waals surface area contributed by atoms with Crippen LogP contribution in [0.2, 0.25) is 0 Å². The highest BCUT2D eigenvalue weighted by Gasteiger charge is 2.32. The van der Waals surface area contributed by atoms with E-state index in [1.54, 1.807) is 7.11 Å². The molecule has 0 unspecified atom stereocenters. The summed E-state index contributed by atoms with van der Waals surface area (Å²) in [6, 6.07) is -0.803. The fourth-order valence-electron chi connectivity index (χ4n) is 1.12. The monoisotopic (exact) mass is 293 g/mol. The minimum Gasteiger partial charge on any atom is -0.455 e. The van der Waals surface area contributed by atoms with Gasteiger partial charge in [0.25, 0.3) is 0 Å². The summed E-state index contributed by atoms with van der Waals surface area (Å²) in [5.74, 6) is -0.610. The second-order valence-electron chi connectivity index (χ2n) is 3.42. The SMILES string of the molecule is COCCOCCOC(=O)SC[C@@H]1NC(=O)OC1=O. The number of ether oxygens (including phenoxy) is 4. The first-order chi connectivity index (χ1) is 9.13. The third-order valence-electron chi connectivity index (χ3n) is 2.02. The van der Waals surface area contributed by atoms with E-state index in [9.17, 15) is 14.4 Å². The van der Waals surface area contributed by atoms with Crippen LogP contribution in [0.25, 0.3) is 0 Å². The Morgan fingerprint density at radius 3 is 2.68 bits per heavy atom. The number of amides is 1. The van der Waals surface area contributed by atoms with Crippen molar-refractivity contribution in [2.24, 2.45) is 0 Å². The smallest absolute Gasteiger partial charge is 0.415 e. The van der Waals surface area contributed by atoms with Gasteiger partial charge in [0.2, 0.25) is 0 Å². The number of hydrogen-bond donors (Lipinski definition) is 1. The lowest BCUT2D eigenvalue weighted by molar-refractivity contribution is -0.134. The topological polar surface area (TPSA) is 100 Å². The van der Waals surface area contributed by atoms with Crippen molar-refractivity contribution in [1.82, 2.24) is 5.32 Å². The molecule has 0 bridgehead atoms. The van der Waals surface area contributed by atoms with Crippen LogP contribution in [0.1, 0.15) is 0 Å². The van der Waals surface area contributed by atoms with Crippen molar-refractivity contribution in [3.05, 3.63) is 0 Å². The zero-order chi connectivity index (χ0) is 14.1. The third kappa shape index (κ3) is 6.41. The summed E-state index contributed by atoms with van der Waals surface area (Å²) in [4.78, 5) is 33.0. The van der Waals surface area contributed by atoms with Gasteiger partial charge in [-0.05, 0) is 11.8 Å². The molecule has 0 aliphatic carbocycles. The second-order valence-corrected chi connectivity index (χ2v) is 4.38. The van der Waals surface area contributed by atoms with E-state index >= 15 is 0 Å². The van der Waals surface area contributed by atoms with Crippen molar-refractivity contribution in [2.45, 2.75) is 6.04 Å². The molecule has 0 aromatic carbocycles. The Balaban J connectivity index is 2.02. The van der Waals surface area contributed by atoms with E-state index in [1.165, 1.54) is 0 Å². The summed E-state index contributed by atoms with van der Waals surface area (Å²) >= 11 is 0.791. The van der Waals surface area contributed by atoms with Gasteiger partial charge in [-0.3, -0.25) is 0 Å². The van der Waals surface area contributed by atoms with E-state index in [0.717, 1.165) is 11.8 Å². The maximum atomic E-state index is 11.3. The summed E-state index contributed by atoms with van der Waals surface area (Å²) in [5.41, 5.74) is 0. The van der Waals surface area contributed by atoms with Crippen molar-refractivity contribution in [3.8, 4) is 0 Å². The van der Waals surface area contributed by atoms with Crippen LogP contribution >= 0.6 is 11.8 Å². The average Bonchev–Trinajstić information content (AvgIpc) is 2.69. The minimum atomic E-state index is -0.803. The van der Waals surface area contributed by atoms with Crippen LogP contribution in [0.3, 0.4) is 0 Å². The van der Waals surface area contributed by atoms with Crippen LogP contribution < -0.4 is 5.32 Å². The molecule has 108 valence electrons. The quantitative estimate of drug-likeness (QED) is 0.383. The molecule has 1 aliphatic rings. The Labute approximate surface area is 114 Å². The van der Waals surface area contributed by atoms with E-state index in [1.807, 2.05) is 0 Å². The number of methoxy groups -OCH3 is 1. The van der Waals surface area contributed by atoms with Gasteiger partial charge in [0.1, 0.15) is 12.6 Å². The van der Waals surface area contributed by atoms with Crippen molar-refractivity contribution in [3.63, 3.8) is 0 Å². The number of cyclic esters (lactones) is 2. The molecule has 0 aromatic heterocycles. The highest BCUT2D eigenvalue weighted by Crippen LogP contribution is 2.11. The predicted octanol–water partition coefficient (Wildman–Crippen LogP) is 0.154. The Morgan fingerprint density at radius 1 is 1.32 bits per heavy atom. The molecule has 8 nitrogen and oxygen atoms in total. The fraction of sp³-hybridized carbons (Fsp3) is 0.700. The molecule has 0 radical (unpaired) electrons. The van der Waals surface area contributed by atoms with Gasteiger partial charge >= 0.3 is 17.4 Å². The van der Waals surface area contributed by atoms with Crippen LogP contribution in [0.5, 0.6) is 0 Å². The number of hydrogen-bond acceptors (Lipinski definition) is 8. The Morgan fingerprint density at radius 2 is 2.05 bits per heavy atom. The molecule has 19 heavy (non-hydrogen) atoms. The number of rotatable bonds is 8. The Hall–Kier alpha value is -1.32. The third-order valence-corrected chi connectivity index (χ3v) is 2.87. The van der Waals surface area contributed by atoms with Gasteiger partial charge in [0.15, 0.2) is 0 Å². The zero-order valence-corrected chi connectivity index (χ0v) is 11.2. The van der Waals surface area contributed by atoms with Gasteiger partial charge in [0, 0.05) is 12.9 Å². The maximum absolute atomic E-state index is 11.3. The van der Waals surface area contributed by atoms with Crippen molar-refractivity contribution in [2.75, 3.05) is 39.3 Å². The lowest BCUT2D eigenvalue weighted by Crippen LogP contribution is -2.31. The maximum Gasteiger partial charge on any atom is 0.415 e. The van der Waals surface area contributed by atoms with Crippen LogP contribution in [-0.2, 0) is 23.7 Å². The van der Waals surface area contributed by atoms with Crippen LogP contribution in [0, 0.1) is 0 Å². The first-order valence-electron chi connectivity index (χ1n) is 5.52. The first kappa shape index (κ1) is 15.7. The molecule has 1 N–H and O–H groups in total. The molecule has 1 heterocycles. The highest BCUT2D eigenvalue weighted by atomic mass is 32.2. The van der Waals surface area contributed by atoms with Gasteiger partial charge in [0.05, 0.1) is 19.8 Å². The van der Waals surface area contributed by atoms with Gasteiger partial charge in [-0.15, -0.1) is 0 Å². The molecule has 0 saturated carbocycles. The van der Waals surface area contributed by atoms with Gasteiger partial charge in [-0.2, -0.15) is 0 Å². The van der Waals surface area contributed by atoms with Crippen LogP contribution in [0.15, 0.2) is 0 Å². The molecular weight excluding hydrogens is 278 g/mol. The number of carbonyl (C=O) groups excluding carboxylic acids is 3. The summed E-state index contributed by atoms with van der Waals surface area (Å²) < 4.78 is 19.0. The van der Waals surface area contributed by atoms with Gasteiger partial charge in [-0.25, -0.2) is 14.4 Å². The molecule has 1 saturated heterocycles. The van der Waals surface area contributed by atoms with E-state index in [-0.39, 0.29) is 19.0 Å². The van der Waals surface area contributed by atoms with E-state index in [2.05, 4.69) is 10.1 Å². The van der Waals surface area contributed by atoms with Crippen molar-refractivity contribution >= 4 is 29.1 Å². The molecule has 9 heteroatoms. The minimum absolute atomic E-state index is 0.0773. The largest absolute Gasteiger partial charge is 0.455 e. The van der Waals surface area contributed by atoms with E-state index in [0.29, 0.717) is 13.2 Å². The average molecular weight is 293 g/mol. The number of thioether (sulfide) groups is 1. The molecule has 1 rings (SSSR count). The number of esters is 1. The summed E-state index contributed by atoms with van der Waals surface area (Å²) in [6.07, 6.45) is -0.796. The summed E-state index contributed by atoms with van der Waals surface area (Å²) in [5, 5.41) is 1.73. The normalized spacial score (nSPS) is 18.1. The molecule has 0 spiro atoms. The lowest BCUT2D eigenvalue weighted by Gasteiger charge is -2.06. The Bertz CT molecular complexity index is 336. The van der Waals surface area contributed by atoms with E-state index in [4.69, 9.17) is 14.2 Å². The predicted molar refractivity (Wildman–Crippen MR) is 64.9 cm³/mol. The fourth-order valence-corrected chi connectivity index (χ4v) is 1.81. The molecular formula is C10H15NO7S. The second kappa shape index (κ2) is 8.73.